The van der Waals surface area contributed by atoms with Crippen molar-refractivity contribution in [3.05, 3.63) is 58.5 Å². The molecule has 1 aliphatic rings. The van der Waals surface area contributed by atoms with Crippen LogP contribution in [0.25, 0.3) is 6.08 Å². The molecule has 2 aromatic carbocycles. The van der Waals surface area contributed by atoms with E-state index in [1.54, 1.807) is 11.0 Å². The number of nitrogens with zero attached hydrogens (tertiary/aromatic N) is 1. The fraction of sp³-hybridized carbons (Fsp3) is 0.150. The van der Waals surface area contributed by atoms with Crippen LogP contribution in [0.2, 0.25) is 0 Å². The number of rotatable bonds is 5. The molecule has 0 N–H and O–H groups in total. The number of benzene rings is 2. The van der Waals surface area contributed by atoms with Crippen molar-refractivity contribution in [2.45, 2.75) is 13.8 Å². The second-order valence-corrected chi connectivity index (χ2v) is 7.30. The minimum atomic E-state index is -0.137. The molecule has 6 heteroatoms. The first kappa shape index (κ1) is 18.4. The van der Waals surface area contributed by atoms with Gasteiger partial charge in [-0.25, -0.2) is 0 Å². The smallest absolute Gasteiger partial charge is 0.269 e. The maximum Gasteiger partial charge on any atom is 0.269 e. The van der Waals surface area contributed by atoms with Gasteiger partial charge in [0.1, 0.15) is 5.75 Å². The zero-order chi connectivity index (χ0) is 18.7. The zero-order valence-electron chi connectivity index (χ0n) is 14.4. The van der Waals surface area contributed by atoms with Crippen molar-refractivity contribution < 1.29 is 14.3 Å². The van der Waals surface area contributed by atoms with Gasteiger partial charge in [-0.1, -0.05) is 47.7 Å². The largest absolute Gasteiger partial charge is 0.482 e. The fourth-order valence-electron chi connectivity index (χ4n) is 2.66. The van der Waals surface area contributed by atoms with E-state index in [1.165, 1.54) is 23.4 Å². The van der Waals surface area contributed by atoms with Crippen molar-refractivity contribution in [3.63, 3.8) is 0 Å². The molecular weight excluding hydrogens is 366 g/mol. The number of amides is 1. The summed E-state index contributed by atoms with van der Waals surface area (Å²) in [4.78, 5) is 26.4. The molecule has 1 aliphatic heterocycles. The second kappa shape index (κ2) is 7.85. The number of fused-ring (bicyclic) bond motifs is 1. The molecule has 0 fully saturated rings. The van der Waals surface area contributed by atoms with Crippen molar-refractivity contribution in [1.29, 1.82) is 0 Å². The van der Waals surface area contributed by atoms with Gasteiger partial charge in [-0.3, -0.25) is 14.5 Å². The van der Waals surface area contributed by atoms with E-state index in [4.69, 9.17) is 17.0 Å². The highest BCUT2D eigenvalue weighted by Crippen LogP contribution is 2.38. The van der Waals surface area contributed by atoms with Gasteiger partial charge in [0, 0.05) is 10.4 Å². The maximum absolute atomic E-state index is 12.5. The van der Waals surface area contributed by atoms with Crippen LogP contribution in [0.4, 0.5) is 11.4 Å². The number of thiocarbonyl (C=S) groups is 1. The predicted molar refractivity (Wildman–Crippen MR) is 110 cm³/mol. The molecule has 0 unspecified atom stereocenters. The summed E-state index contributed by atoms with van der Waals surface area (Å²) in [7, 11) is 0. The second-order valence-electron chi connectivity index (χ2n) is 5.86. The number of ketones is 1. The molecule has 2 aromatic rings. The minimum absolute atomic E-state index is 0.00444. The monoisotopic (exact) mass is 383 g/mol. The number of hydrogen-bond donors (Lipinski definition) is 0. The maximum atomic E-state index is 12.5. The van der Waals surface area contributed by atoms with Crippen LogP contribution in [0.15, 0.2) is 47.4 Å². The third-order valence-corrected chi connectivity index (χ3v) is 4.98. The molecule has 0 aliphatic carbocycles. The predicted octanol–water partition coefficient (Wildman–Crippen LogP) is 4.67. The normalized spacial score (nSPS) is 13.8. The van der Waals surface area contributed by atoms with Crippen LogP contribution in [0, 0.1) is 6.92 Å². The quantitative estimate of drug-likeness (QED) is 0.554. The lowest BCUT2D eigenvalue weighted by Gasteiger charge is -2.29. The van der Waals surface area contributed by atoms with Crippen LogP contribution in [0.5, 0.6) is 5.75 Å². The number of hydrogen-bond acceptors (Lipinski definition) is 5. The van der Waals surface area contributed by atoms with E-state index < -0.39 is 0 Å². The Kier molecular flexibility index (Phi) is 5.54. The lowest BCUT2D eigenvalue weighted by molar-refractivity contribution is -0.120. The average molecular weight is 383 g/mol. The van der Waals surface area contributed by atoms with Gasteiger partial charge in [0.05, 0.1) is 10.6 Å². The van der Waals surface area contributed by atoms with E-state index in [-0.39, 0.29) is 18.3 Å². The number of Topliss-reactive ketones (excluding diaryl/α,β-unsaturated/α-hetero) is 1. The average Bonchev–Trinajstić information content (AvgIpc) is 2.62. The van der Waals surface area contributed by atoms with Crippen LogP contribution in [-0.2, 0) is 9.59 Å². The molecule has 26 heavy (non-hydrogen) atoms. The van der Waals surface area contributed by atoms with Crippen LogP contribution in [0.1, 0.15) is 18.1 Å². The third kappa shape index (κ3) is 3.86. The summed E-state index contributed by atoms with van der Waals surface area (Å²) in [6.07, 6.45) is 1.77. The Balaban J connectivity index is 2.06. The third-order valence-electron chi connectivity index (χ3n) is 3.94. The lowest BCUT2D eigenvalue weighted by atomic mass is 10.1. The standard InChI is InChI=1S/C20H17NO3S2/c1-13-3-6-16(7-4-13)21-17-9-15(10-19(14(2)22)26-12-25)5-8-18(17)24-11-20(21)23/h3-10,12H,11H2,1-2H3/b19-10-. The lowest BCUT2D eigenvalue weighted by Crippen LogP contribution is -2.35. The van der Waals surface area contributed by atoms with E-state index in [2.05, 4.69) is 0 Å². The number of ether oxygens (including phenoxy) is 1. The molecule has 0 radical (unpaired) electrons. The Bertz CT molecular complexity index is 904. The Morgan fingerprint density at radius 1 is 1.23 bits per heavy atom. The first-order valence-electron chi connectivity index (χ1n) is 7.99. The Morgan fingerprint density at radius 3 is 2.62 bits per heavy atom. The van der Waals surface area contributed by atoms with Crippen molar-refractivity contribution >= 4 is 57.8 Å². The summed E-state index contributed by atoms with van der Waals surface area (Å²) in [5, 5.41) is 0. The summed E-state index contributed by atoms with van der Waals surface area (Å²) in [6, 6.07) is 13.3. The molecule has 0 atom stereocenters. The number of allylic oxidation sites excluding steroid dienone is 1. The van der Waals surface area contributed by atoms with Crippen LogP contribution in [-0.4, -0.2) is 23.0 Å². The van der Waals surface area contributed by atoms with Gasteiger partial charge in [-0.15, -0.1) is 0 Å². The van der Waals surface area contributed by atoms with Gasteiger partial charge in [-0.2, -0.15) is 0 Å². The SMILES string of the molecule is CC(=O)/C(=C/c1ccc2c(c1)N(c1ccc(C)cc1)C(=O)CO2)SC=S. The first-order valence-corrected chi connectivity index (χ1v) is 9.34. The van der Waals surface area contributed by atoms with Gasteiger partial charge in [0.15, 0.2) is 12.4 Å². The number of carbonyl (C=O) groups excluding carboxylic acids is 2. The van der Waals surface area contributed by atoms with E-state index >= 15 is 0 Å². The van der Waals surface area contributed by atoms with Gasteiger partial charge >= 0.3 is 0 Å². The highest BCUT2D eigenvalue weighted by molar-refractivity contribution is 8.24. The van der Waals surface area contributed by atoms with Crippen LogP contribution in [0.3, 0.4) is 0 Å². The van der Waals surface area contributed by atoms with Crippen molar-refractivity contribution in [2.24, 2.45) is 0 Å². The van der Waals surface area contributed by atoms with Crippen molar-refractivity contribution in [3.8, 4) is 5.75 Å². The summed E-state index contributed by atoms with van der Waals surface area (Å²) < 4.78 is 7.01. The first-order chi connectivity index (χ1) is 12.5. The summed E-state index contributed by atoms with van der Waals surface area (Å²) in [5.41, 5.74) is 3.36. The highest BCUT2D eigenvalue weighted by atomic mass is 32.2. The van der Waals surface area contributed by atoms with Gasteiger partial charge < -0.3 is 4.74 Å². The highest BCUT2D eigenvalue weighted by Gasteiger charge is 2.27. The van der Waals surface area contributed by atoms with Crippen molar-refractivity contribution in [1.82, 2.24) is 0 Å². The Hall–Kier alpha value is -2.44. The van der Waals surface area contributed by atoms with E-state index in [0.29, 0.717) is 16.3 Å². The van der Waals surface area contributed by atoms with E-state index in [0.717, 1.165) is 16.8 Å². The van der Waals surface area contributed by atoms with E-state index in [9.17, 15) is 9.59 Å². The summed E-state index contributed by atoms with van der Waals surface area (Å²) in [6.45, 7) is 3.50. The minimum Gasteiger partial charge on any atom is -0.482 e. The summed E-state index contributed by atoms with van der Waals surface area (Å²) >= 11 is 6.05. The molecule has 0 aromatic heterocycles. The molecule has 3 rings (SSSR count). The Morgan fingerprint density at radius 2 is 1.96 bits per heavy atom. The molecule has 1 heterocycles. The van der Waals surface area contributed by atoms with E-state index in [1.807, 2.05) is 49.4 Å². The van der Waals surface area contributed by atoms with Gasteiger partial charge in [-0.05, 0) is 49.8 Å². The van der Waals surface area contributed by atoms with Gasteiger partial charge in [0.25, 0.3) is 5.91 Å². The molecule has 0 bridgehead atoms. The fourth-order valence-corrected chi connectivity index (χ4v) is 3.44. The zero-order valence-corrected chi connectivity index (χ0v) is 16.0. The van der Waals surface area contributed by atoms with Crippen molar-refractivity contribution in [2.75, 3.05) is 11.5 Å². The number of thioether (sulfide) groups is 1. The number of carbonyl (C=O) groups is 2. The summed E-state index contributed by atoms with van der Waals surface area (Å²) in [5.74, 6) is 0.438. The Labute approximate surface area is 161 Å². The molecule has 0 saturated heterocycles. The van der Waals surface area contributed by atoms with Crippen LogP contribution >= 0.6 is 24.0 Å². The molecule has 1 amide bonds. The molecule has 0 spiro atoms. The molecule has 4 nitrogen and oxygen atoms in total. The van der Waals surface area contributed by atoms with Crippen LogP contribution < -0.4 is 9.64 Å². The van der Waals surface area contributed by atoms with Gasteiger partial charge in [0.2, 0.25) is 0 Å². The number of aryl methyl sites for hydroxylation is 1. The molecular formula is C20H17NO3S2. The topological polar surface area (TPSA) is 46.6 Å². The molecule has 0 saturated carbocycles. The molecule has 132 valence electrons. The number of anilines is 2.